The Kier molecular flexibility index (Phi) is 2.31. The maximum Gasteiger partial charge on any atom is 0.147 e. The molecule has 1 aromatic heterocycles. The lowest BCUT2D eigenvalue weighted by Gasteiger charge is -2.18. The molecule has 1 aliphatic carbocycles. The van der Waals surface area contributed by atoms with E-state index in [0.29, 0.717) is 5.92 Å². The number of hydrogen-bond acceptors (Lipinski definition) is 3. The van der Waals surface area contributed by atoms with Gasteiger partial charge in [0.05, 0.1) is 0 Å². The molecule has 3 rings (SSSR count). The summed E-state index contributed by atoms with van der Waals surface area (Å²) < 4.78 is 5.50. The standard InChI is InChI=1S/C13H16N2O/c14-10-6-7-11-12(8-10)15-16-13(11)9-4-2-1-3-5-9/h6-9H,1-5,14H2. The van der Waals surface area contributed by atoms with Crippen molar-refractivity contribution >= 4 is 16.6 Å². The number of nitrogens with two attached hydrogens (primary N) is 1. The highest BCUT2D eigenvalue weighted by molar-refractivity contribution is 5.83. The van der Waals surface area contributed by atoms with Gasteiger partial charge in [-0.3, -0.25) is 0 Å². The van der Waals surface area contributed by atoms with Crippen molar-refractivity contribution in [1.82, 2.24) is 5.16 Å². The number of rotatable bonds is 1. The van der Waals surface area contributed by atoms with E-state index in [0.717, 1.165) is 22.4 Å². The van der Waals surface area contributed by atoms with E-state index in [1.54, 1.807) is 0 Å². The monoisotopic (exact) mass is 216 g/mol. The van der Waals surface area contributed by atoms with E-state index in [1.165, 1.54) is 32.1 Å². The van der Waals surface area contributed by atoms with Crippen LogP contribution in [0.2, 0.25) is 0 Å². The number of anilines is 1. The molecule has 1 saturated carbocycles. The molecule has 1 fully saturated rings. The number of fused-ring (bicyclic) bond motifs is 1. The Morgan fingerprint density at radius 3 is 2.81 bits per heavy atom. The van der Waals surface area contributed by atoms with Crippen molar-refractivity contribution in [2.45, 2.75) is 38.0 Å². The smallest absolute Gasteiger partial charge is 0.147 e. The average Bonchev–Trinajstić information content (AvgIpc) is 2.73. The molecule has 84 valence electrons. The summed E-state index contributed by atoms with van der Waals surface area (Å²) in [5.41, 5.74) is 7.37. The molecule has 0 amide bonds. The minimum atomic E-state index is 0.558. The first-order valence-corrected chi connectivity index (χ1v) is 5.99. The minimum absolute atomic E-state index is 0.558. The first-order chi connectivity index (χ1) is 7.84. The van der Waals surface area contributed by atoms with Crippen LogP contribution in [0.25, 0.3) is 10.9 Å². The van der Waals surface area contributed by atoms with Crippen molar-refractivity contribution in [1.29, 1.82) is 0 Å². The van der Waals surface area contributed by atoms with Crippen LogP contribution in [-0.2, 0) is 0 Å². The average molecular weight is 216 g/mol. The molecule has 1 aromatic carbocycles. The molecule has 16 heavy (non-hydrogen) atoms. The Morgan fingerprint density at radius 2 is 2.00 bits per heavy atom. The van der Waals surface area contributed by atoms with Crippen molar-refractivity contribution < 1.29 is 4.52 Å². The molecule has 0 aliphatic heterocycles. The van der Waals surface area contributed by atoms with Crippen molar-refractivity contribution in [3.8, 4) is 0 Å². The highest BCUT2D eigenvalue weighted by atomic mass is 16.5. The van der Waals surface area contributed by atoms with E-state index in [9.17, 15) is 0 Å². The van der Waals surface area contributed by atoms with Gasteiger partial charge in [0.2, 0.25) is 0 Å². The molecular formula is C13H16N2O. The van der Waals surface area contributed by atoms with E-state index < -0.39 is 0 Å². The lowest BCUT2D eigenvalue weighted by Crippen LogP contribution is -2.03. The third kappa shape index (κ3) is 1.56. The van der Waals surface area contributed by atoms with Gasteiger partial charge < -0.3 is 10.3 Å². The molecular weight excluding hydrogens is 200 g/mol. The van der Waals surface area contributed by atoms with Gasteiger partial charge in [-0.1, -0.05) is 24.4 Å². The van der Waals surface area contributed by atoms with E-state index in [1.807, 2.05) is 18.2 Å². The van der Waals surface area contributed by atoms with Crippen molar-refractivity contribution in [2.75, 3.05) is 5.73 Å². The van der Waals surface area contributed by atoms with Crippen LogP contribution in [0, 0.1) is 0 Å². The molecule has 2 aromatic rings. The quantitative estimate of drug-likeness (QED) is 0.743. The summed E-state index contributed by atoms with van der Waals surface area (Å²) in [7, 11) is 0. The van der Waals surface area contributed by atoms with Gasteiger partial charge >= 0.3 is 0 Å². The van der Waals surface area contributed by atoms with Crippen molar-refractivity contribution in [3.05, 3.63) is 24.0 Å². The number of aromatic nitrogens is 1. The van der Waals surface area contributed by atoms with Crippen LogP contribution in [0.15, 0.2) is 22.7 Å². The maximum atomic E-state index is 5.73. The third-order valence-electron chi connectivity index (χ3n) is 3.51. The molecule has 3 heteroatoms. The van der Waals surface area contributed by atoms with Crippen LogP contribution in [0.5, 0.6) is 0 Å². The van der Waals surface area contributed by atoms with Gasteiger partial charge in [0, 0.05) is 17.0 Å². The van der Waals surface area contributed by atoms with Crippen LogP contribution in [-0.4, -0.2) is 5.16 Å². The highest BCUT2D eigenvalue weighted by Crippen LogP contribution is 2.36. The van der Waals surface area contributed by atoms with E-state index in [-0.39, 0.29) is 0 Å². The van der Waals surface area contributed by atoms with Crippen LogP contribution in [0.3, 0.4) is 0 Å². The number of nitrogens with zero attached hydrogens (tertiary/aromatic N) is 1. The lowest BCUT2D eigenvalue weighted by atomic mass is 9.86. The van der Waals surface area contributed by atoms with Crippen molar-refractivity contribution in [2.24, 2.45) is 0 Å². The fourth-order valence-corrected chi connectivity index (χ4v) is 2.64. The van der Waals surface area contributed by atoms with Gasteiger partial charge in [-0.05, 0) is 31.0 Å². The minimum Gasteiger partial charge on any atom is -0.399 e. The van der Waals surface area contributed by atoms with Crippen LogP contribution >= 0.6 is 0 Å². The molecule has 0 spiro atoms. The summed E-state index contributed by atoms with van der Waals surface area (Å²) in [4.78, 5) is 0. The van der Waals surface area contributed by atoms with Gasteiger partial charge in [0.15, 0.2) is 0 Å². The zero-order valence-electron chi connectivity index (χ0n) is 9.28. The summed E-state index contributed by atoms with van der Waals surface area (Å²) in [5, 5.41) is 5.24. The molecule has 0 unspecified atom stereocenters. The first-order valence-electron chi connectivity index (χ1n) is 5.99. The number of hydrogen-bond donors (Lipinski definition) is 1. The van der Waals surface area contributed by atoms with E-state index >= 15 is 0 Å². The zero-order chi connectivity index (χ0) is 11.0. The Balaban J connectivity index is 2.03. The number of benzene rings is 1. The summed E-state index contributed by atoms with van der Waals surface area (Å²) in [6.45, 7) is 0. The highest BCUT2D eigenvalue weighted by Gasteiger charge is 2.21. The third-order valence-corrected chi connectivity index (χ3v) is 3.51. The second-order valence-electron chi connectivity index (χ2n) is 4.66. The van der Waals surface area contributed by atoms with E-state index in [4.69, 9.17) is 10.3 Å². The summed E-state index contributed by atoms with van der Waals surface area (Å²) >= 11 is 0. The zero-order valence-corrected chi connectivity index (χ0v) is 9.28. The summed E-state index contributed by atoms with van der Waals surface area (Å²) in [5.74, 6) is 1.62. The molecule has 3 nitrogen and oxygen atoms in total. The van der Waals surface area contributed by atoms with Gasteiger partial charge in [-0.2, -0.15) is 0 Å². The second kappa shape index (κ2) is 3.81. The fraction of sp³-hybridized carbons (Fsp3) is 0.462. The molecule has 0 bridgehead atoms. The molecule has 0 radical (unpaired) electrons. The Bertz CT molecular complexity index is 498. The topological polar surface area (TPSA) is 52.0 Å². The maximum absolute atomic E-state index is 5.73. The Morgan fingerprint density at radius 1 is 1.19 bits per heavy atom. The number of nitrogen functional groups attached to an aromatic ring is 1. The summed E-state index contributed by atoms with van der Waals surface area (Å²) in [6, 6.07) is 5.84. The molecule has 0 atom stereocenters. The largest absolute Gasteiger partial charge is 0.399 e. The van der Waals surface area contributed by atoms with Crippen LogP contribution in [0.4, 0.5) is 5.69 Å². The van der Waals surface area contributed by atoms with Gasteiger partial charge in [0.25, 0.3) is 0 Å². The molecule has 1 aliphatic rings. The second-order valence-corrected chi connectivity index (χ2v) is 4.66. The SMILES string of the molecule is Nc1ccc2c(C3CCCCC3)onc2c1. The van der Waals surface area contributed by atoms with Gasteiger partial charge in [-0.15, -0.1) is 0 Å². The van der Waals surface area contributed by atoms with E-state index in [2.05, 4.69) is 5.16 Å². The lowest BCUT2D eigenvalue weighted by molar-refractivity contribution is 0.326. The predicted octanol–water partition coefficient (Wildman–Crippen LogP) is 3.46. The van der Waals surface area contributed by atoms with Gasteiger partial charge in [-0.25, -0.2) is 0 Å². The fourth-order valence-electron chi connectivity index (χ4n) is 2.64. The Hall–Kier alpha value is -1.51. The molecule has 1 heterocycles. The van der Waals surface area contributed by atoms with Crippen LogP contribution < -0.4 is 5.73 Å². The Labute approximate surface area is 94.6 Å². The van der Waals surface area contributed by atoms with Gasteiger partial charge in [0.1, 0.15) is 11.3 Å². The van der Waals surface area contributed by atoms with Crippen molar-refractivity contribution in [3.63, 3.8) is 0 Å². The predicted molar refractivity (Wildman–Crippen MR) is 64.2 cm³/mol. The first kappa shape index (κ1) is 9.70. The molecule has 2 N–H and O–H groups in total. The summed E-state index contributed by atoms with van der Waals surface area (Å²) in [6.07, 6.45) is 6.43. The molecule has 0 saturated heterocycles. The normalized spacial score (nSPS) is 18.0. The van der Waals surface area contributed by atoms with Crippen LogP contribution in [0.1, 0.15) is 43.8 Å².